The zero-order chi connectivity index (χ0) is 21.3. The van der Waals surface area contributed by atoms with Crippen LogP contribution >= 0.6 is 0 Å². The van der Waals surface area contributed by atoms with E-state index in [0.717, 1.165) is 17.0 Å². The third-order valence-corrected chi connectivity index (χ3v) is 4.67. The van der Waals surface area contributed by atoms with Crippen LogP contribution in [0.25, 0.3) is 0 Å². The molecule has 0 bridgehead atoms. The van der Waals surface area contributed by atoms with Gasteiger partial charge in [0.15, 0.2) is 0 Å². The standard InChI is InChI=1S/C24H24N4O2/c1-17(18-13-15-21(30-2)16-14-18)22(25)23(28-27-20-11-7-4-8-12-20)24(29)26-19-9-5-3-6-10-19/h3-17,25,27H,1-2H3,(H,26,29)/p+1/b25-22?,28-23+. The van der Waals surface area contributed by atoms with Crippen LogP contribution in [0.15, 0.2) is 90.0 Å². The van der Waals surface area contributed by atoms with Crippen LogP contribution in [0.2, 0.25) is 0 Å². The van der Waals surface area contributed by atoms with Crippen LogP contribution in [0.4, 0.5) is 11.4 Å². The molecule has 1 unspecified atom stereocenters. The lowest BCUT2D eigenvalue weighted by Crippen LogP contribution is -2.51. The fraction of sp³-hybridized carbons (Fsp3) is 0.125. The maximum atomic E-state index is 13.0. The first kappa shape index (κ1) is 20.8. The Morgan fingerprint density at radius 3 is 2.03 bits per heavy atom. The van der Waals surface area contributed by atoms with E-state index in [1.54, 1.807) is 7.11 Å². The summed E-state index contributed by atoms with van der Waals surface area (Å²) in [5, 5.41) is 13.6. The maximum Gasteiger partial charge on any atom is 0.282 e. The van der Waals surface area contributed by atoms with E-state index in [4.69, 9.17) is 10.1 Å². The monoisotopic (exact) mass is 401 g/mol. The van der Waals surface area contributed by atoms with Gasteiger partial charge in [-0.3, -0.25) is 15.6 Å². The van der Waals surface area contributed by atoms with Crippen LogP contribution in [0.5, 0.6) is 5.75 Å². The van der Waals surface area contributed by atoms with Gasteiger partial charge in [0.1, 0.15) is 5.75 Å². The fourth-order valence-electron chi connectivity index (χ4n) is 2.87. The number of amides is 1. The van der Waals surface area contributed by atoms with Gasteiger partial charge in [-0.05, 0) is 48.9 Å². The number of nitrogens with one attached hydrogen (secondary N) is 2. The Bertz CT molecular complexity index is 1020. The Morgan fingerprint density at radius 1 is 0.900 bits per heavy atom. The van der Waals surface area contributed by atoms with Crippen molar-refractivity contribution in [3.8, 4) is 5.75 Å². The number of anilines is 2. The molecule has 3 aromatic rings. The van der Waals surface area contributed by atoms with Gasteiger partial charge in [0.25, 0.3) is 5.91 Å². The number of hydrogen-bond donors (Lipinski definition) is 3. The minimum absolute atomic E-state index is 0.131. The summed E-state index contributed by atoms with van der Waals surface area (Å²) in [6.07, 6.45) is 0. The van der Waals surface area contributed by atoms with Gasteiger partial charge in [-0.15, -0.1) is 0 Å². The van der Waals surface area contributed by atoms with Crippen molar-refractivity contribution in [1.82, 2.24) is 0 Å². The lowest BCUT2D eigenvalue weighted by atomic mass is 9.93. The summed E-state index contributed by atoms with van der Waals surface area (Å²) in [5.74, 6) is 0.141. The van der Waals surface area contributed by atoms with Gasteiger partial charge in [0.05, 0.1) is 18.7 Å². The lowest BCUT2D eigenvalue weighted by molar-refractivity contribution is -0.116. The average Bonchev–Trinajstić information content (AvgIpc) is 2.80. The number of carbonyl (C=O) groups is 1. The molecule has 0 heterocycles. The highest BCUT2D eigenvalue weighted by atomic mass is 16.5. The summed E-state index contributed by atoms with van der Waals surface area (Å²) in [6.45, 7) is 1.94. The number of para-hydroxylation sites is 2. The van der Waals surface area contributed by atoms with Crippen molar-refractivity contribution in [3.05, 3.63) is 90.5 Å². The molecule has 0 spiro atoms. The van der Waals surface area contributed by atoms with Crippen molar-refractivity contribution in [1.29, 1.82) is 0 Å². The second-order valence-electron chi connectivity index (χ2n) is 6.71. The number of rotatable bonds is 8. The van der Waals surface area contributed by atoms with Crippen LogP contribution < -0.4 is 20.9 Å². The number of ether oxygens (including phenoxy) is 1. The predicted molar refractivity (Wildman–Crippen MR) is 121 cm³/mol. The molecule has 0 aromatic heterocycles. The highest BCUT2D eigenvalue weighted by Gasteiger charge is 2.28. The van der Waals surface area contributed by atoms with E-state index in [1.165, 1.54) is 0 Å². The molecular weight excluding hydrogens is 376 g/mol. The summed E-state index contributed by atoms with van der Waals surface area (Å²) >= 11 is 0. The normalized spacial score (nSPS) is 12.0. The van der Waals surface area contributed by atoms with Gasteiger partial charge in [0.2, 0.25) is 11.4 Å². The van der Waals surface area contributed by atoms with E-state index in [2.05, 4.69) is 15.8 Å². The van der Waals surface area contributed by atoms with Gasteiger partial charge in [-0.25, -0.2) is 0 Å². The van der Waals surface area contributed by atoms with E-state index in [1.807, 2.05) is 91.9 Å². The van der Waals surface area contributed by atoms with Gasteiger partial charge >= 0.3 is 0 Å². The van der Waals surface area contributed by atoms with Crippen molar-refractivity contribution in [3.63, 3.8) is 0 Å². The van der Waals surface area contributed by atoms with Crippen molar-refractivity contribution in [2.75, 3.05) is 17.9 Å². The van der Waals surface area contributed by atoms with Crippen LogP contribution in [0.1, 0.15) is 18.4 Å². The van der Waals surface area contributed by atoms with Gasteiger partial charge in [-0.2, -0.15) is 5.10 Å². The second-order valence-corrected chi connectivity index (χ2v) is 6.71. The van der Waals surface area contributed by atoms with Gasteiger partial charge in [-0.1, -0.05) is 48.5 Å². The molecule has 0 aliphatic rings. The molecule has 0 aliphatic carbocycles. The van der Waals surface area contributed by atoms with Crippen molar-refractivity contribution in [2.24, 2.45) is 5.10 Å². The number of carbonyl (C=O) groups excluding carboxylic acids is 1. The van der Waals surface area contributed by atoms with E-state index in [0.29, 0.717) is 11.4 Å². The van der Waals surface area contributed by atoms with Crippen molar-refractivity contribution in [2.45, 2.75) is 12.8 Å². The van der Waals surface area contributed by atoms with Gasteiger partial charge < -0.3 is 10.1 Å². The first-order valence-electron chi connectivity index (χ1n) is 9.60. The van der Waals surface area contributed by atoms with Crippen LogP contribution in [0.3, 0.4) is 0 Å². The number of hydrazone groups is 1. The zero-order valence-corrected chi connectivity index (χ0v) is 17.0. The van der Waals surface area contributed by atoms with E-state index in [9.17, 15) is 4.79 Å². The third-order valence-electron chi connectivity index (χ3n) is 4.67. The average molecular weight is 401 g/mol. The summed E-state index contributed by atoms with van der Waals surface area (Å²) in [5.41, 5.74) is 5.79. The number of methoxy groups -OCH3 is 1. The Hall–Kier alpha value is -3.93. The molecule has 0 saturated carbocycles. The minimum Gasteiger partial charge on any atom is -0.497 e. The molecule has 1 amide bonds. The number of nitrogens with two attached hydrogens (primary N) is 1. The quantitative estimate of drug-likeness (QED) is 0.400. The zero-order valence-electron chi connectivity index (χ0n) is 17.0. The van der Waals surface area contributed by atoms with Crippen LogP contribution in [-0.4, -0.2) is 24.4 Å². The molecule has 3 aromatic carbocycles. The second kappa shape index (κ2) is 10.0. The van der Waals surface area contributed by atoms with E-state index >= 15 is 0 Å². The highest BCUT2D eigenvalue weighted by Crippen LogP contribution is 2.20. The molecule has 30 heavy (non-hydrogen) atoms. The van der Waals surface area contributed by atoms with Crippen LogP contribution in [0, 0.1) is 0 Å². The summed E-state index contributed by atoms with van der Waals surface area (Å²) < 4.78 is 5.21. The number of hydrogen-bond acceptors (Lipinski definition) is 4. The molecule has 0 aliphatic heterocycles. The Labute approximate surface area is 176 Å². The number of nitrogens with zero attached hydrogens (tertiary/aromatic N) is 1. The maximum absolute atomic E-state index is 13.0. The minimum atomic E-state index is -0.387. The molecule has 0 saturated heterocycles. The molecule has 0 fully saturated rings. The van der Waals surface area contributed by atoms with E-state index in [-0.39, 0.29) is 17.5 Å². The van der Waals surface area contributed by atoms with Crippen molar-refractivity contribution >= 4 is 28.7 Å². The van der Waals surface area contributed by atoms with E-state index < -0.39 is 0 Å². The Morgan fingerprint density at radius 2 is 1.47 bits per heavy atom. The molecule has 1 atom stereocenters. The molecular formula is C24H25N4O2+. The first-order chi connectivity index (χ1) is 14.6. The Kier molecular flexibility index (Phi) is 6.95. The van der Waals surface area contributed by atoms with Crippen molar-refractivity contribution < 1.29 is 14.9 Å². The summed E-state index contributed by atoms with van der Waals surface area (Å²) in [7, 11) is 1.62. The molecule has 0 radical (unpaired) electrons. The summed E-state index contributed by atoms with van der Waals surface area (Å²) in [6, 6.07) is 26.2. The molecule has 152 valence electrons. The topological polar surface area (TPSA) is 88.3 Å². The smallest absolute Gasteiger partial charge is 0.282 e. The Balaban J connectivity index is 1.86. The highest BCUT2D eigenvalue weighted by molar-refractivity contribution is 6.68. The SMILES string of the molecule is COc1ccc(C(C)C(=[NH2+])/C(=N\Nc2ccccc2)C(=O)Nc2ccccc2)cc1. The third kappa shape index (κ3) is 5.32. The molecule has 4 N–H and O–H groups in total. The van der Waals surface area contributed by atoms with Gasteiger partial charge in [0, 0.05) is 5.69 Å². The predicted octanol–water partition coefficient (Wildman–Crippen LogP) is 3.11. The fourth-order valence-corrected chi connectivity index (χ4v) is 2.87. The lowest BCUT2D eigenvalue weighted by Gasteiger charge is -2.13. The molecule has 3 rings (SSSR count). The van der Waals surface area contributed by atoms with Crippen LogP contribution in [-0.2, 0) is 4.79 Å². The largest absolute Gasteiger partial charge is 0.497 e. The summed E-state index contributed by atoms with van der Waals surface area (Å²) in [4.78, 5) is 13.0. The number of benzene rings is 3. The first-order valence-corrected chi connectivity index (χ1v) is 9.60. The molecule has 6 heteroatoms. The molecule has 6 nitrogen and oxygen atoms in total.